The molecule has 1 aliphatic heterocycles. The standard InChI is InChI=1S/C30H35FN4O4/c31-22-17-28(29(37)34-24-7-5-23(32)6-8-24)30(33-18-22)39-26-4-1-3-20(16-26)27-10-9-25(36)15-21(27)19-35-11-2-13-38-14-12-35/h1,3-4,9-10,15-18,23-24,36H,2,5-8,11-14,19,32H2,(H,34,37)/t23-,24-. The molecule has 8 nitrogen and oxygen atoms in total. The summed E-state index contributed by atoms with van der Waals surface area (Å²) in [5, 5.41) is 13.2. The topological polar surface area (TPSA) is 110 Å². The molecule has 0 radical (unpaired) electrons. The van der Waals surface area contributed by atoms with Crippen molar-refractivity contribution >= 4 is 5.91 Å². The van der Waals surface area contributed by atoms with E-state index in [0.717, 1.165) is 80.8 Å². The van der Waals surface area contributed by atoms with Gasteiger partial charge in [-0.3, -0.25) is 9.69 Å². The molecule has 4 N–H and O–H groups in total. The Morgan fingerprint density at radius 3 is 2.82 bits per heavy atom. The molecule has 1 saturated heterocycles. The van der Waals surface area contributed by atoms with Gasteiger partial charge in [-0.25, -0.2) is 9.37 Å². The fraction of sp³-hybridized carbons (Fsp3) is 0.400. The molecule has 2 aliphatic rings. The Morgan fingerprint density at radius 2 is 1.97 bits per heavy atom. The zero-order valence-electron chi connectivity index (χ0n) is 21.9. The number of halogens is 1. The van der Waals surface area contributed by atoms with Crippen molar-refractivity contribution < 1.29 is 23.8 Å². The van der Waals surface area contributed by atoms with E-state index in [2.05, 4.69) is 15.2 Å². The molecule has 39 heavy (non-hydrogen) atoms. The highest BCUT2D eigenvalue weighted by atomic mass is 19.1. The van der Waals surface area contributed by atoms with E-state index in [1.165, 1.54) is 0 Å². The highest BCUT2D eigenvalue weighted by molar-refractivity contribution is 5.96. The Balaban J connectivity index is 1.36. The third-order valence-corrected chi connectivity index (χ3v) is 7.33. The van der Waals surface area contributed by atoms with Crippen molar-refractivity contribution in [2.45, 2.75) is 50.7 Å². The molecule has 5 rings (SSSR count). The Morgan fingerprint density at radius 1 is 1.13 bits per heavy atom. The van der Waals surface area contributed by atoms with Crippen molar-refractivity contribution in [2.75, 3.05) is 26.3 Å². The predicted octanol–water partition coefficient (Wildman–Crippen LogP) is 4.61. The first kappa shape index (κ1) is 27.1. The summed E-state index contributed by atoms with van der Waals surface area (Å²) in [5.74, 6) is -0.325. The Hall–Kier alpha value is -3.53. The average molecular weight is 535 g/mol. The molecule has 1 aromatic heterocycles. The molecule has 0 bridgehead atoms. The van der Waals surface area contributed by atoms with Gasteiger partial charge in [-0.15, -0.1) is 0 Å². The van der Waals surface area contributed by atoms with Crippen LogP contribution >= 0.6 is 0 Å². The van der Waals surface area contributed by atoms with Crippen LogP contribution in [-0.4, -0.2) is 59.3 Å². The smallest absolute Gasteiger partial charge is 0.257 e. The lowest BCUT2D eigenvalue weighted by molar-refractivity contribution is 0.0922. The van der Waals surface area contributed by atoms with Gasteiger partial charge >= 0.3 is 0 Å². The van der Waals surface area contributed by atoms with E-state index in [0.29, 0.717) is 18.9 Å². The van der Waals surface area contributed by atoms with Crippen molar-refractivity contribution in [1.29, 1.82) is 0 Å². The Bertz CT molecular complexity index is 1290. The Kier molecular flexibility index (Phi) is 8.71. The minimum Gasteiger partial charge on any atom is -0.508 e. The normalized spacial score (nSPS) is 20.3. The van der Waals surface area contributed by atoms with Gasteiger partial charge in [0.15, 0.2) is 0 Å². The number of amides is 1. The minimum atomic E-state index is -0.612. The number of benzene rings is 2. The lowest BCUT2D eigenvalue weighted by Crippen LogP contribution is -2.40. The first-order chi connectivity index (χ1) is 18.9. The number of pyridine rings is 1. The fourth-order valence-corrected chi connectivity index (χ4v) is 5.23. The van der Waals surface area contributed by atoms with Crippen LogP contribution in [0.15, 0.2) is 54.7 Å². The number of hydrogen-bond acceptors (Lipinski definition) is 7. The van der Waals surface area contributed by atoms with Crippen molar-refractivity contribution in [3.05, 3.63) is 71.7 Å². The lowest BCUT2D eigenvalue weighted by atomic mass is 9.91. The van der Waals surface area contributed by atoms with E-state index in [1.54, 1.807) is 18.2 Å². The maximum Gasteiger partial charge on any atom is 0.257 e. The zero-order valence-corrected chi connectivity index (χ0v) is 21.9. The van der Waals surface area contributed by atoms with E-state index in [1.807, 2.05) is 24.3 Å². The number of carbonyl (C=O) groups is 1. The van der Waals surface area contributed by atoms with Crippen LogP contribution in [0.3, 0.4) is 0 Å². The number of nitrogens with two attached hydrogens (primary N) is 1. The second-order valence-electron chi connectivity index (χ2n) is 10.3. The van der Waals surface area contributed by atoms with Gasteiger partial charge in [-0.1, -0.05) is 18.2 Å². The van der Waals surface area contributed by atoms with E-state index in [-0.39, 0.29) is 29.3 Å². The SMILES string of the molecule is N[C@H]1CC[C@H](NC(=O)c2cc(F)cnc2Oc2cccc(-c3ccc(O)cc3CN3CCCOCC3)c2)CC1. The first-order valence-electron chi connectivity index (χ1n) is 13.6. The van der Waals surface area contributed by atoms with E-state index in [9.17, 15) is 14.3 Å². The first-order valence-corrected chi connectivity index (χ1v) is 13.6. The third-order valence-electron chi connectivity index (χ3n) is 7.33. The third kappa shape index (κ3) is 7.11. The monoisotopic (exact) mass is 534 g/mol. The molecule has 3 aromatic rings. The van der Waals surface area contributed by atoms with Gasteiger partial charge in [0.05, 0.1) is 12.8 Å². The molecule has 1 aliphatic carbocycles. The van der Waals surface area contributed by atoms with Crippen molar-refractivity contribution in [1.82, 2.24) is 15.2 Å². The van der Waals surface area contributed by atoms with Crippen LogP contribution in [0.25, 0.3) is 11.1 Å². The van der Waals surface area contributed by atoms with Crippen LogP contribution in [-0.2, 0) is 11.3 Å². The number of ether oxygens (including phenoxy) is 2. The summed E-state index contributed by atoms with van der Waals surface area (Å²) in [6, 6.07) is 14.1. The van der Waals surface area contributed by atoms with Gasteiger partial charge in [0.1, 0.15) is 22.9 Å². The largest absolute Gasteiger partial charge is 0.508 e. The summed E-state index contributed by atoms with van der Waals surface area (Å²) >= 11 is 0. The van der Waals surface area contributed by atoms with Crippen molar-refractivity contribution in [3.63, 3.8) is 0 Å². The minimum absolute atomic E-state index is 0.0135. The zero-order chi connectivity index (χ0) is 27.2. The molecule has 2 heterocycles. The maximum absolute atomic E-state index is 14.1. The summed E-state index contributed by atoms with van der Waals surface area (Å²) in [5.41, 5.74) is 8.86. The van der Waals surface area contributed by atoms with E-state index in [4.69, 9.17) is 15.2 Å². The quantitative estimate of drug-likeness (QED) is 0.406. The molecule has 9 heteroatoms. The molecule has 206 valence electrons. The highest BCUT2D eigenvalue weighted by Crippen LogP contribution is 2.33. The summed E-state index contributed by atoms with van der Waals surface area (Å²) in [6.07, 6.45) is 5.26. The van der Waals surface area contributed by atoms with Crippen molar-refractivity contribution in [3.8, 4) is 28.5 Å². The average Bonchev–Trinajstić information content (AvgIpc) is 3.20. The van der Waals surface area contributed by atoms with Crippen LogP contribution in [0.4, 0.5) is 4.39 Å². The number of hydrogen-bond donors (Lipinski definition) is 3. The van der Waals surface area contributed by atoms with Gasteiger partial charge in [-0.05, 0) is 79.1 Å². The number of phenols is 1. The summed E-state index contributed by atoms with van der Waals surface area (Å²) in [7, 11) is 0. The molecule has 2 aromatic carbocycles. The number of nitrogens with one attached hydrogen (secondary N) is 1. The summed E-state index contributed by atoms with van der Waals surface area (Å²) in [4.78, 5) is 19.5. The van der Waals surface area contributed by atoms with Crippen LogP contribution in [0.2, 0.25) is 0 Å². The van der Waals surface area contributed by atoms with E-state index >= 15 is 0 Å². The van der Waals surface area contributed by atoms with Crippen LogP contribution in [0, 0.1) is 5.82 Å². The molecular formula is C30H35FN4O4. The number of aromatic nitrogens is 1. The molecule has 0 unspecified atom stereocenters. The van der Waals surface area contributed by atoms with Gasteiger partial charge in [0.25, 0.3) is 5.91 Å². The maximum atomic E-state index is 14.1. The lowest BCUT2D eigenvalue weighted by Gasteiger charge is -2.27. The van der Waals surface area contributed by atoms with Gasteiger partial charge in [0.2, 0.25) is 5.88 Å². The number of aromatic hydroxyl groups is 1. The summed E-state index contributed by atoms with van der Waals surface area (Å²) in [6.45, 7) is 3.87. The van der Waals surface area contributed by atoms with Gasteiger partial charge < -0.3 is 25.6 Å². The van der Waals surface area contributed by atoms with Crippen LogP contribution in [0.1, 0.15) is 48.0 Å². The summed E-state index contributed by atoms with van der Waals surface area (Å²) < 4.78 is 25.7. The second-order valence-corrected chi connectivity index (χ2v) is 10.3. The molecule has 2 fully saturated rings. The predicted molar refractivity (Wildman–Crippen MR) is 146 cm³/mol. The number of carbonyl (C=O) groups excluding carboxylic acids is 1. The van der Waals surface area contributed by atoms with Crippen LogP contribution in [0.5, 0.6) is 17.4 Å². The van der Waals surface area contributed by atoms with Crippen LogP contribution < -0.4 is 15.8 Å². The molecule has 1 saturated carbocycles. The van der Waals surface area contributed by atoms with Gasteiger partial charge in [-0.2, -0.15) is 0 Å². The van der Waals surface area contributed by atoms with Crippen molar-refractivity contribution in [2.24, 2.45) is 5.73 Å². The molecular weight excluding hydrogens is 499 g/mol. The number of rotatable bonds is 7. The molecule has 1 amide bonds. The van der Waals surface area contributed by atoms with E-state index < -0.39 is 11.7 Å². The fourth-order valence-electron chi connectivity index (χ4n) is 5.23. The molecule has 0 spiro atoms. The number of nitrogens with zero attached hydrogens (tertiary/aromatic N) is 2. The second kappa shape index (κ2) is 12.5. The molecule has 0 atom stereocenters. The highest BCUT2D eigenvalue weighted by Gasteiger charge is 2.23. The Labute approximate surface area is 227 Å². The number of phenolic OH excluding ortho intramolecular Hbond substituents is 1. The van der Waals surface area contributed by atoms with Gasteiger partial charge in [0, 0.05) is 38.3 Å².